The lowest BCUT2D eigenvalue weighted by Crippen LogP contribution is -2.29. The fourth-order valence-corrected chi connectivity index (χ4v) is 5.68. The van der Waals surface area contributed by atoms with E-state index in [2.05, 4.69) is 29.4 Å². The third-order valence-corrected chi connectivity index (χ3v) is 7.49. The number of thioether (sulfide) groups is 1. The highest BCUT2D eigenvalue weighted by Gasteiger charge is 2.20. The maximum atomic E-state index is 12.5. The molecule has 31 heavy (non-hydrogen) atoms. The number of hydrogen-bond donors (Lipinski definition) is 1. The van der Waals surface area contributed by atoms with Crippen molar-refractivity contribution < 1.29 is 13.2 Å². The lowest BCUT2D eigenvalue weighted by Gasteiger charge is -2.23. The third kappa shape index (κ3) is 6.42. The van der Waals surface area contributed by atoms with E-state index in [0.717, 1.165) is 10.6 Å². The molecule has 11 heteroatoms. The summed E-state index contributed by atoms with van der Waals surface area (Å²) in [6.45, 7) is 4.19. The molecule has 0 aliphatic rings. The molecule has 7 nitrogen and oxygen atoms in total. The van der Waals surface area contributed by atoms with Gasteiger partial charge in [-0.1, -0.05) is 66.7 Å². The Morgan fingerprint density at radius 1 is 1.16 bits per heavy atom. The van der Waals surface area contributed by atoms with Crippen LogP contribution in [0.2, 0.25) is 5.02 Å². The summed E-state index contributed by atoms with van der Waals surface area (Å²) >= 11 is 9.07. The Morgan fingerprint density at radius 2 is 1.84 bits per heavy atom. The van der Waals surface area contributed by atoms with Crippen molar-refractivity contribution in [2.75, 3.05) is 15.9 Å². The van der Waals surface area contributed by atoms with Crippen LogP contribution in [-0.2, 0) is 16.6 Å². The van der Waals surface area contributed by atoms with Crippen LogP contribution in [0.1, 0.15) is 29.8 Å². The predicted molar refractivity (Wildman–Crippen MR) is 128 cm³/mol. The van der Waals surface area contributed by atoms with Crippen molar-refractivity contribution in [3.05, 3.63) is 64.7 Å². The maximum Gasteiger partial charge on any atom is 0.257 e. The number of nitrogens with zero attached hydrogens (tertiary/aromatic N) is 3. The van der Waals surface area contributed by atoms with Crippen LogP contribution < -0.4 is 9.62 Å². The fraction of sp³-hybridized carbons (Fsp3) is 0.250. The summed E-state index contributed by atoms with van der Waals surface area (Å²) in [6, 6.07) is 13.4. The summed E-state index contributed by atoms with van der Waals surface area (Å²) in [6.07, 6.45) is 1.13. The number of hydrogen-bond acceptors (Lipinski definition) is 7. The molecular formula is C20H21ClN4O3S3. The fourth-order valence-electron chi connectivity index (χ4n) is 2.64. The Bertz CT molecular complexity index is 1160. The molecule has 1 aromatic heterocycles. The monoisotopic (exact) mass is 496 g/mol. The van der Waals surface area contributed by atoms with Gasteiger partial charge < -0.3 is 0 Å². The van der Waals surface area contributed by atoms with Gasteiger partial charge in [-0.05, 0) is 35.9 Å². The van der Waals surface area contributed by atoms with Gasteiger partial charge in [0.15, 0.2) is 4.34 Å². The van der Waals surface area contributed by atoms with Crippen molar-refractivity contribution in [2.45, 2.75) is 30.0 Å². The molecule has 0 aliphatic carbocycles. The Balaban J connectivity index is 1.76. The molecule has 1 heterocycles. The first-order valence-corrected chi connectivity index (χ1v) is 13.2. The molecule has 0 fully saturated rings. The number of halogens is 1. The second-order valence-corrected chi connectivity index (χ2v) is 12.0. The van der Waals surface area contributed by atoms with Gasteiger partial charge in [-0.3, -0.25) is 14.4 Å². The number of sulfonamides is 1. The number of anilines is 2. The first-order chi connectivity index (χ1) is 14.6. The molecule has 3 aromatic rings. The van der Waals surface area contributed by atoms with E-state index in [9.17, 15) is 13.2 Å². The van der Waals surface area contributed by atoms with Crippen molar-refractivity contribution in [1.82, 2.24) is 10.2 Å². The number of nitrogens with one attached hydrogen (secondary N) is 1. The summed E-state index contributed by atoms with van der Waals surface area (Å²) in [4.78, 5) is 12.5. The van der Waals surface area contributed by atoms with Gasteiger partial charge in [-0.15, -0.1) is 10.2 Å². The van der Waals surface area contributed by atoms with Gasteiger partial charge in [0.2, 0.25) is 15.2 Å². The third-order valence-electron chi connectivity index (χ3n) is 4.05. The standard InChI is InChI=1S/C20H21ClN4O3S3/c1-13(2)29-20-24-23-19(30-20)22-18(26)14-8-10-16(11-9-14)25(31(3,27)28)12-15-6-4-5-7-17(15)21/h4-11,13H,12H2,1-3H3,(H,22,23,26). The van der Waals surface area contributed by atoms with E-state index < -0.39 is 10.0 Å². The SMILES string of the molecule is CC(C)Sc1nnc(NC(=O)c2ccc(N(Cc3ccccc3Cl)S(C)(=O)=O)cc2)s1. The van der Waals surface area contributed by atoms with E-state index in [1.807, 2.05) is 0 Å². The van der Waals surface area contributed by atoms with Crippen LogP contribution in [0.3, 0.4) is 0 Å². The van der Waals surface area contributed by atoms with Crippen molar-refractivity contribution in [2.24, 2.45) is 0 Å². The number of benzene rings is 2. The molecule has 0 radical (unpaired) electrons. The molecule has 0 spiro atoms. The largest absolute Gasteiger partial charge is 0.296 e. The Kier molecular flexibility index (Phi) is 7.58. The topological polar surface area (TPSA) is 92.3 Å². The van der Waals surface area contributed by atoms with Crippen LogP contribution >= 0.6 is 34.7 Å². The van der Waals surface area contributed by atoms with E-state index >= 15 is 0 Å². The number of carbonyl (C=O) groups is 1. The van der Waals surface area contributed by atoms with Gasteiger partial charge in [0.05, 0.1) is 18.5 Å². The molecule has 3 rings (SSSR count). The smallest absolute Gasteiger partial charge is 0.257 e. The molecule has 0 unspecified atom stereocenters. The Labute approximate surface area is 194 Å². The van der Waals surface area contributed by atoms with Gasteiger partial charge in [0, 0.05) is 15.8 Å². The Hall–Kier alpha value is -2.14. The molecule has 1 amide bonds. The summed E-state index contributed by atoms with van der Waals surface area (Å²) in [5.74, 6) is -0.346. The summed E-state index contributed by atoms with van der Waals surface area (Å²) in [5, 5.41) is 12.0. The van der Waals surface area contributed by atoms with Gasteiger partial charge in [-0.25, -0.2) is 8.42 Å². The second-order valence-electron chi connectivity index (χ2n) is 6.90. The predicted octanol–water partition coefficient (Wildman–Crippen LogP) is 4.91. The Morgan fingerprint density at radius 3 is 2.45 bits per heavy atom. The zero-order valence-corrected chi connectivity index (χ0v) is 20.3. The number of rotatable bonds is 8. The summed E-state index contributed by atoms with van der Waals surface area (Å²) < 4.78 is 26.8. The first kappa shape index (κ1) is 23.5. The molecule has 2 aromatic carbocycles. The molecule has 164 valence electrons. The highest BCUT2D eigenvalue weighted by atomic mass is 35.5. The van der Waals surface area contributed by atoms with Gasteiger partial charge >= 0.3 is 0 Å². The first-order valence-electron chi connectivity index (χ1n) is 9.26. The lowest BCUT2D eigenvalue weighted by atomic mass is 10.2. The van der Waals surface area contributed by atoms with E-state index in [-0.39, 0.29) is 12.5 Å². The van der Waals surface area contributed by atoms with Crippen LogP contribution in [0.15, 0.2) is 52.9 Å². The van der Waals surface area contributed by atoms with Crippen LogP contribution in [-0.4, -0.2) is 36.0 Å². The van der Waals surface area contributed by atoms with Crippen molar-refractivity contribution in [3.63, 3.8) is 0 Å². The average molecular weight is 497 g/mol. The van der Waals surface area contributed by atoms with E-state index in [4.69, 9.17) is 11.6 Å². The van der Waals surface area contributed by atoms with E-state index in [1.165, 1.54) is 15.6 Å². The highest BCUT2D eigenvalue weighted by Crippen LogP contribution is 2.29. The molecule has 0 aliphatic heterocycles. The normalized spacial score (nSPS) is 11.5. The van der Waals surface area contributed by atoms with Crippen LogP contribution in [0.25, 0.3) is 0 Å². The summed E-state index contributed by atoms with van der Waals surface area (Å²) in [7, 11) is -3.57. The highest BCUT2D eigenvalue weighted by molar-refractivity contribution is 8.01. The zero-order valence-electron chi connectivity index (χ0n) is 17.1. The van der Waals surface area contributed by atoms with Gasteiger partial charge in [0.1, 0.15) is 0 Å². The van der Waals surface area contributed by atoms with Crippen LogP contribution in [0, 0.1) is 0 Å². The minimum absolute atomic E-state index is 0.0884. The molecule has 0 atom stereocenters. The maximum absolute atomic E-state index is 12.5. The molecule has 1 N–H and O–H groups in total. The van der Waals surface area contributed by atoms with Gasteiger partial charge in [0.25, 0.3) is 5.91 Å². The van der Waals surface area contributed by atoms with Crippen molar-refractivity contribution in [1.29, 1.82) is 0 Å². The molecule has 0 saturated heterocycles. The van der Waals surface area contributed by atoms with E-state index in [0.29, 0.717) is 32.2 Å². The van der Waals surface area contributed by atoms with Crippen LogP contribution in [0.5, 0.6) is 0 Å². The number of aromatic nitrogens is 2. The zero-order chi connectivity index (χ0) is 22.6. The molecule has 0 saturated carbocycles. The minimum atomic E-state index is -3.57. The number of carbonyl (C=O) groups excluding carboxylic acids is 1. The van der Waals surface area contributed by atoms with E-state index in [1.54, 1.807) is 60.3 Å². The average Bonchev–Trinajstić information content (AvgIpc) is 3.12. The quantitative estimate of drug-likeness (QED) is 0.352. The minimum Gasteiger partial charge on any atom is -0.296 e. The lowest BCUT2D eigenvalue weighted by molar-refractivity contribution is 0.102. The molecule has 0 bridgehead atoms. The van der Waals surface area contributed by atoms with Crippen LogP contribution in [0.4, 0.5) is 10.8 Å². The summed E-state index contributed by atoms with van der Waals surface area (Å²) in [5.41, 5.74) is 1.50. The molecular weight excluding hydrogens is 476 g/mol. The van der Waals surface area contributed by atoms with Crippen molar-refractivity contribution >= 4 is 61.4 Å². The van der Waals surface area contributed by atoms with Gasteiger partial charge in [-0.2, -0.15) is 0 Å². The number of amides is 1. The van der Waals surface area contributed by atoms with Crippen molar-refractivity contribution in [3.8, 4) is 0 Å². The second kappa shape index (κ2) is 9.99.